The first kappa shape index (κ1) is 22.2. The van der Waals surface area contributed by atoms with Gasteiger partial charge < -0.3 is 15.3 Å². The molecule has 3 rings (SSSR count). The Morgan fingerprint density at radius 3 is 2.67 bits per heavy atom. The third-order valence-electron chi connectivity index (χ3n) is 6.30. The minimum absolute atomic E-state index is 0.226. The summed E-state index contributed by atoms with van der Waals surface area (Å²) in [6.07, 6.45) is 2.24. The molecule has 2 amide bonds. The third-order valence-corrected chi connectivity index (χ3v) is 6.30. The first-order valence-electron chi connectivity index (χ1n) is 10.1. The molecular formula is C23H28FNO5. The van der Waals surface area contributed by atoms with Crippen LogP contribution in [-0.2, 0) is 9.59 Å². The van der Waals surface area contributed by atoms with Crippen LogP contribution in [0.25, 0.3) is 6.08 Å². The van der Waals surface area contributed by atoms with Gasteiger partial charge in [0.1, 0.15) is 0 Å². The molecule has 1 aromatic rings. The number of aliphatic hydroxyl groups excluding tert-OH is 2. The van der Waals surface area contributed by atoms with E-state index in [1.807, 2.05) is 13.8 Å². The number of likely N-dealkylation sites (tertiary alicyclic amines) is 1. The quantitative estimate of drug-likeness (QED) is 0.488. The first-order chi connectivity index (χ1) is 14.1. The lowest BCUT2D eigenvalue weighted by Crippen LogP contribution is -2.38. The molecule has 6 nitrogen and oxygen atoms in total. The molecule has 0 aromatic heterocycles. The summed E-state index contributed by atoms with van der Waals surface area (Å²) in [4.78, 5) is 26.0. The molecular weight excluding hydrogens is 389 g/mol. The van der Waals surface area contributed by atoms with Crippen molar-refractivity contribution in [3.8, 4) is 5.75 Å². The molecule has 162 valence electrons. The lowest BCUT2D eigenvalue weighted by Gasteiger charge is -2.35. The number of imide groups is 1. The largest absolute Gasteiger partial charge is 0.505 e. The number of rotatable bonds is 6. The second kappa shape index (κ2) is 8.70. The lowest BCUT2D eigenvalue weighted by atomic mass is 9.68. The zero-order valence-corrected chi connectivity index (χ0v) is 17.4. The summed E-state index contributed by atoms with van der Waals surface area (Å²) in [6, 6.07) is 4.14. The van der Waals surface area contributed by atoms with Crippen molar-refractivity contribution in [2.24, 2.45) is 17.8 Å². The molecule has 0 bridgehead atoms. The number of carbonyl (C=O) groups is 2. The van der Waals surface area contributed by atoms with Gasteiger partial charge in [-0.2, -0.15) is 0 Å². The van der Waals surface area contributed by atoms with Crippen LogP contribution in [0.15, 0.2) is 34.9 Å². The molecule has 3 N–H and O–H groups in total. The Morgan fingerprint density at radius 1 is 1.33 bits per heavy atom. The summed E-state index contributed by atoms with van der Waals surface area (Å²) in [5, 5.41) is 30.2. The van der Waals surface area contributed by atoms with Crippen molar-refractivity contribution in [1.29, 1.82) is 0 Å². The van der Waals surface area contributed by atoms with E-state index in [9.17, 15) is 29.3 Å². The van der Waals surface area contributed by atoms with Gasteiger partial charge >= 0.3 is 0 Å². The summed E-state index contributed by atoms with van der Waals surface area (Å²) in [5.41, 5.74) is 3.03. The van der Waals surface area contributed by atoms with E-state index in [0.29, 0.717) is 30.4 Å². The number of fused-ring (bicyclic) bond motifs is 1. The molecule has 1 aromatic carbocycles. The van der Waals surface area contributed by atoms with Gasteiger partial charge in [-0.3, -0.25) is 14.5 Å². The fourth-order valence-corrected chi connectivity index (χ4v) is 4.76. The maximum Gasteiger partial charge on any atom is 0.233 e. The molecule has 1 fully saturated rings. The summed E-state index contributed by atoms with van der Waals surface area (Å²) in [6.45, 7) is 3.40. The number of nitrogens with zero attached hydrogens (tertiary/aromatic N) is 1. The molecule has 0 spiro atoms. The SMILES string of the molecule is CC1=C([C@H](O)CC/C(C)=C/c2ccc(O)c(F)c2)[C@H](CO)[C@@H]2C(=O)N(C)C(=O)[C@@H]2C1. The van der Waals surface area contributed by atoms with E-state index in [1.54, 1.807) is 12.1 Å². The Bertz CT molecular complexity index is 922. The van der Waals surface area contributed by atoms with Crippen LogP contribution in [0.4, 0.5) is 4.39 Å². The van der Waals surface area contributed by atoms with Gasteiger partial charge in [0.15, 0.2) is 11.6 Å². The monoisotopic (exact) mass is 417 g/mol. The number of phenolic OH excluding ortho intramolecular Hbond substituents is 1. The summed E-state index contributed by atoms with van der Waals surface area (Å²) in [5.74, 6) is -3.29. The van der Waals surface area contributed by atoms with E-state index in [0.717, 1.165) is 16.0 Å². The smallest absolute Gasteiger partial charge is 0.233 e. The zero-order chi connectivity index (χ0) is 22.2. The number of allylic oxidation sites excluding steroid dienone is 2. The van der Waals surface area contributed by atoms with Crippen molar-refractivity contribution in [2.45, 2.75) is 39.2 Å². The van der Waals surface area contributed by atoms with E-state index < -0.39 is 35.4 Å². The van der Waals surface area contributed by atoms with Crippen LogP contribution in [0.1, 0.15) is 38.7 Å². The van der Waals surface area contributed by atoms with Crippen molar-refractivity contribution in [2.75, 3.05) is 13.7 Å². The van der Waals surface area contributed by atoms with Gasteiger partial charge in [0.05, 0.1) is 24.5 Å². The van der Waals surface area contributed by atoms with Crippen LogP contribution in [-0.4, -0.2) is 51.8 Å². The van der Waals surface area contributed by atoms with Gasteiger partial charge in [0, 0.05) is 13.0 Å². The Morgan fingerprint density at radius 2 is 2.03 bits per heavy atom. The standard InChI is InChI=1S/C23H28FNO5/c1-12(8-14-5-7-18(27)17(24)10-14)4-6-19(28)20-13(2)9-15-21(16(20)11-26)23(30)25(3)22(15)29/h5,7-8,10,15-16,19,21,26-28H,4,6,9,11H2,1-3H3/b12-8+/t15-,16+,19-,21-/m1/s1. The second-order valence-electron chi connectivity index (χ2n) is 8.35. The second-order valence-corrected chi connectivity index (χ2v) is 8.35. The van der Waals surface area contributed by atoms with Gasteiger partial charge in [-0.1, -0.05) is 23.3 Å². The fourth-order valence-electron chi connectivity index (χ4n) is 4.76. The molecule has 1 heterocycles. The minimum atomic E-state index is -0.850. The molecule has 2 aliphatic rings. The van der Waals surface area contributed by atoms with Crippen molar-refractivity contribution >= 4 is 17.9 Å². The van der Waals surface area contributed by atoms with Gasteiger partial charge in [0.25, 0.3) is 0 Å². The lowest BCUT2D eigenvalue weighted by molar-refractivity contribution is -0.138. The van der Waals surface area contributed by atoms with Gasteiger partial charge in [-0.05, 0) is 56.4 Å². The van der Waals surface area contributed by atoms with E-state index in [2.05, 4.69) is 0 Å². The van der Waals surface area contributed by atoms with E-state index >= 15 is 0 Å². The highest BCUT2D eigenvalue weighted by Gasteiger charge is 2.53. The highest BCUT2D eigenvalue weighted by atomic mass is 19.1. The van der Waals surface area contributed by atoms with Gasteiger partial charge in [-0.15, -0.1) is 0 Å². The highest BCUT2D eigenvalue weighted by molar-refractivity contribution is 6.05. The zero-order valence-electron chi connectivity index (χ0n) is 17.4. The first-order valence-corrected chi connectivity index (χ1v) is 10.1. The van der Waals surface area contributed by atoms with E-state index in [1.165, 1.54) is 19.2 Å². The number of halogens is 1. The molecule has 4 atom stereocenters. The van der Waals surface area contributed by atoms with Crippen molar-refractivity contribution < 1.29 is 29.3 Å². The maximum absolute atomic E-state index is 13.5. The number of aromatic hydroxyl groups is 1. The van der Waals surface area contributed by atoms with Crippen LogP contribution in [0.3, 0.4) is 0 Å². The summed E-state index contributed by atoms with van der Waals surface area (Å²) >= 11 is 0. The Hall–Kier alpha value is -2.51. The van der Waals surface area contributed by atoms with Crippen molar-refractivity contribution in [3.05, 3.63) is 46.3 Å². The van der Waals surface area contributed by atoms with Crippen molar-refractivity contribution in [1.82, 2.24) is 4.90 Å². The molecule has 0 unspecified atom stereocenters. The fraction of sp³-hybridized carbons (Fsp3) is 0.478. The van der Waals surface area contributed by atoms with E-state index in [-0.39, 0.29) is 18.4 Å². The summed E-state index contributed by atoms with van der Waals surface area (Å²) < 4.78 is 13.5. The number of amides is 2. The normalized spacial score (nSPS) is 25.7. The van der Waals surface area contributed by atoms with Crippen LogP contribution < -0.4 is 0 Å². The predicted molar refractivity (Wildman–Crippen MR) is 110 cm³/mol. The minimum Gasteiger partial charge on any atom is -0.505 e. The molecule has 1 saturated heterocycles. The molecule has 0 radical (unpaired) electrons. The average molecular weight is 417 g/mol. The number of phenols is 1. The number of hydrogen-bond donors (Lipinski definition) is 3. The molecule has 7 heteroatoms. The van der Waals surface area contributed by atoms with Crippen LogP contribution in [0, 0.1) is 23.6 Å². The molecule has 1 aliphatic carbocycles. The van der Waals surface area contributed by atoms with Crippen LogP contribution in [0.5, 0.6) is 5.75 Å². The topological polar surface area (TPSA) is 98.1 Å². The van der Waals surface area contributed by atoms with Gasteiger partial charge in [0.2, 0.25) is 11.8 Å². The maximum atomic E-state index is 13.5. The molecule has 1 aliphatic heterocycles. The number of carbonyl (C=O) groups excluding carboxylic acids is 2. The number of hydrogen-bond acceptors (Lipinski definition) is 5. The van der Waals surface area contributed by atoms with Gasteiger partial charge in [-0.25, -0.2) is 4.39 Å². The number of aliphatic hydroxyl groups is 2. The summed E-state index contributed by atoms with van der Waals surface area (Å²) in [7, 11) is 1.46. The van der Waals surface area contributed by atoms with E-state index in [4.69, 9.17) is 0 Å². The highest BCUT2D eigenvalue weighted by Crippen LogP contribution is 2.45. The Balaban J connectivity index is 1.74. The third kappa shape index (κ3) is 4.04. The van der Waals surface area contributed by atoms with Crippen LogP contribution >= 0.6 is 0 Å². The molecule has 30 heavy (non-hydrogen) atoms. The average Bonchev–Trinajstić information content (AvgIpc) is 2.92. The molecule has 0 saturated carbocycles. The Labute approximate surface area is 175 Å². The van der Waals surface area contributed by atoms with Crippen LogP contribution in [0.2, 0.25) is 0 Å². The predicted octanol–water partition coefficient (Wildman–Crippen LogP) is 2.64. The number of benzene rings is 1. The Kier molecular flexibility index (Phi) is 6.43. The van der Waals surface area contributed by atoms with Crippen molar-refractivity contribution in [3.63, 3.8) is 0 Å².